The molecule has 8 nitrogen and oxygen atoms in total. The summed E-state index contributed by atoms with van der Waals surface area (Å²) in [6.45, 7) is -0.365. The lowest BCUT2D eigenvalue weighted by atomic mass is 10.2. The Bertz CT molecular complexity index is 949. The highest BCUT2D eigenvalue weighted by Gasteiger charge is 2.21. The maximum absolute atomic E-state index is 12.7. The van der Waals surface area contributed by atoms with E-state index in [2.05, 4.69) is 15.5 Å². The van der Waals surface area contributed by atoms with Gasteiger partial charge in [0.1, 0.15) is 0 Å². The van der Waals surface area contributed by atoms with Crippen LogP contribution in [-0.4, -0.2) is 57.7 Å². The second-order valence-electron chi connectivity index (χ2n) is 5.69. The summed E-state index contributed by atoms with van der Waals surface area (Å²) in [5.74, 6) is -0.615. The molecular formula is C18H17N5O3S. The SMILES string of the molecule is CN(C)C(=O)COC(=O)/C(=C/c1cccs1)n1nnnc1-c1ccccc1. The van der Waals surface area contributed by atoms with Gasteiger partial charge in [0.25, 0.3) is 5.91 Å². The van der Waals surface area contributed by atoms with Crippen molar-refractivity contribution in [3.05, 3.63) is 52.7 Å². The zero-order valence-corrected chi connectivity index (χ0v) is 15.6. The fourth-order valence-corrected chi connectivity index (χ4v) is 2.81. The van der Waals surface area contributed by atoms with Crippen LogP contribution in [0.2, 0.25) is 0 Å². The molecule has 0 saturated carbocycles. The van der Waals surface area contributed by atoms with Gasteiger partial charge in [0.15, 0.2) is 18.1 Å². The number of nitrogens with zero attached hydrogens (tertiary/aromatic N) is 5. The first-order valence-electron chi connectivity index (χ1n) is 8.03. The third-order valence-electron chi connectivity index (χ3n) is 3.59. The van der Waals surface area contributed by atoms with E-state index in [0.717, 1.165) is 10.4 Å². The molecule has 0 atom stereocenters. The van der Waals surface area contributed by atoms with E-state index in [4.69, 9.17) is 4.74 Å². The van der Waals surface area contributed by atoms with E-state index >= 15 is 0 Å². The van der Waals surface area contributed by atoms with Crippen molar-refractivity contribution in [2.24, 2.45) is 0 Å². The van der Waals surface area contributed by atoms with Crippen molar-refractivity contribution in [3.63, 3.8) is 0 Å². The minimum atomic E-state index is -0.692. The first-order valence-corrected chi connectivity index (χ1v) is 8.91. The van der Waals surface area contributed by atoms with E-state index in [1.54, 1.807) is 20.2 Å². The lowest BCUT2D eigenvalue weighted by molar-refractivity contribution is -0.146. The van der Waals surface area contributed by atoms with Gasteiger partial charge in [-0.25, -0.2) is 4.79 Å². The number of hydrogen-bond donors (Lipinski definition) is 0. The van der Waals surface area contributed by atoms with Crippen molar-refractivity contribution in [1.29, 1.82) is 0 Å². The first-order chi connectivity index (χ1) is 13.1. The topological polar surface area (TPSA) is 90.2 Å². The quantitative estimate of drug-likeness (QED) is 0.478. The summed E-state index contributed by atoms with van der Waals surface area (Å²) in [7, 11) is 3.18. The maximum atomic E-state index is 12.7. The monoisotopic (exact) mass is 383 g/mol. The molecule has 0 spiro atoms. The number of rotatable bonds is 6. The number of hydrogen-bond acceptors (Lipinski definition) is 7. The Hall–Kier alpha value is -3.33. The van der Waals surface area contributed by atoms with E-state index in [1.807, 2.05) is 47.8 Å². The molecule has 138 valence electrons. The van der Waals surface area contributed by atoms with Gasteiger partial charge in [0.05, 0.1) is 0 Å². The van der Waals surface area contributed by atoms with Crippen LogP contribution in [0, 0.1) is 0 Å². The summed E-state index contributed by atoms with van der Waals surface area (Å²) < 4.78 is 6.50. The average Bonchev–Trinajstić information content (AvgIpc) is 3.36. The zero-order chi connectivity index (χ0) is 19.2. The summed E-state index contributed by atoms with van der Waals surface area (Å²) in [4.78, 5) is 26.6. The Kier molecular flexibility index (Phi) is 5.72. The summed E-state index contributed by atoms with van der Waals surface area (Å²) in [5, 5.41) is 13.6. The van der Waals surface area contributed by atoms with E-state index in [9.17, 15) is 9.59 Å². The number of tetrazole rings is 1. The predicted molar refractivity (Wildman–Crippen MR) is 101 cm³/mol. The number of thiophene rings is 1. The van der Waals surface area contributed by atoms with Gasteiger partial charge in [-0.1, -0.05) is 36.4 Å². The molecule has 2 aromatic heterocycles. The molecular weight excluding hydrogens is 366 g/mol. The summed E-state index contributed by atoms with van der Waals surface area (Å²) in [5.41, 5.74) is 0.865. The lowest BCUT2D eigenvalue weighted by Crippen LogP contribution is -2.28. The Balaban J connectivity index is 1.96. The smallest absolute Gasteiger partial charge is 0.357 e. The van der Waals surface area contributed by atoms with Crippen LogP contribution in [0.25, 0.3) is 23.2 Å². The number of likely N-dealkylation sites (N-methyl/N-ethyl adjacent to an activating group) is 1. The Labute approximate surface area is 159 Å². The number of benzene rings is 1. The Morgan fingerprint density at radius 2 is 1.96 bits per heavy atom. The van der Waals surface area contributed by atoms with Crippen LogP contribution >= 0.6 is 11.3 Å². The molecule has 1 amide bonds. The number of esters is 1. The van der Waals surface area contributed by atoms with Crippen molar-refractivity contribution in [2.45, 2.75) is 0 Å². The summed E-state index contributed by atoms with van der Waals surface area (Å²) >= 11 is 1.46. The largest absolute Gasteiger partial charge is 0.451 e. The molecule has 9 heteroatoms. The van der Waals surface area contributed by atoms with Crippen LogP contribution in [-0.2, 0) is 14.3 Å². The van der Waals surface area contributed by atoms with Crippen molar-refractivity contribution < 1.29 is 14.3 Å². The van der Waals surface area contributed by atoms with E-state index in [-0.39, 0.29) is 18.2 Å². The van der Waals surface area contributed by atoms with Gasteiger partial charge >= 0.3 is 5.97 Å². The molecule has 2 heterocycles. The van der Waals surface area contributed by atoms with E-state index in [1.165, 1.54) is 20.9 Å². The van der Waals surface area contributed by atoms with Gasteiger partial charge in [-0.15, -0.1) is 16.4 Å². The molecule has 0 radical (unpaired) electrons. The Morgan fingerprint density at radius 1 is 1.19 bits per heavy atom. The number of amides is 1. The Morgan fingerprint density at radius 3 is 2.63 bits per heavy atom. The predicted octanol–water partition coefficient (Wildman–Crippen LogP) is 2.03. The van der Waals surface area contributed by atoms with Crippen LogP contribution in [0.3, 0.4) is 0 Å². The molecule has 0 fully saturated rings. The molecule has 1 aromatic carbocycles. The highest BCUT2D eigenvalue weighted by Crippen LogP contribution is 2.22. The highest BCUT2D eigenvalue weighted by molar-refractivity contribution is 7.10. The van der Waals surface area contributed by atoms with Gasteiger partial charge in [-0.3, -0.25) is 4.79 Å². The zero-order valence-electron chi connectivity index (χ0n) is 14.8. The lowest BCUT2D eigenvalue weighted by Gasteiger charge is -2.12. The highest BCUT2D eigenvalue weighted by atomic mass is 32.1. The van der Waals surface area contributed by atoms with Gasteiger partial charge in [-0.2, -0.15) is 4.68 Å². The molecule has 0 aliphatic carbocycles. The van der Waals surface area contributed by atoms with Crippen molar-refractivity contribution in [2.75, 3.05) is 20.7 Å². The number of ether oxygens (including phenoxy) is 1. The second kappa shape index (κ2) is 8.37. The van der Waals surface area contributed by atoms with Crippen molar-refractivity contribution in [1.82, 2.24) is 25.1 Å². The molecule has 0 unspecified atom stereocenters. The first kappa shape index (κ1) is 18.5. The van der Waals surface area contributed by atoms with Gasteiger partial charge in [-0.05, 0) is 27.9 Å². The normalized spacial score (nSPS) is 11.3. The van der Waals surface area contributed by atoms with Crippen LogP contribution in [0.5, 0.6) is 0 Å². The third kappa shape index (κ3) is 4.45. The van der Waals surface area contributed by atoms with Crippen LogP contribution < -0.4 is 0 Å². The average molecular weight is 383 g/mol. The maximum Gasteiger partial charge on any atom is 0.357 e. The standard InChI is InChI=1S/C18H17N5O3S/c1-22(2)16(24)12-26-18(25)15(11-14-9-6-10-27-14)23-17(19-20-21-23)13-7-4-3-5-8-13/h3-11H,12H2,1-2H3/b15-11-. The third-order valence-corrected chi connectivity index (χ3v) is 4.41. The summed E-state index contributed by atoms with van der Waals surface area (Å²) in [6.07, 6.45) is 1.63. The minimum absolute atomic E-state index is 0.118. The number of aromatic nitrogens is 4. The van der Waals surface area contributed by atoms with E-state index in [0.29, 0.717) is 5.82 Å². The van der Waals surface area contributed by atoms with E-state index < -0.39 is 5.97 Å². The van der Waals surface area contributed by atoms with Gasteiger partial charge in [0, 0.05) is 24.5 Å². The fourth-order valence-electron chi connectivity index (χ4n) is 2.16. The van der Waals surface area contributed by atoms with Gasteiger partial charge < -0.3 is 9.64 Å². The fraction of sp³-hybridized carbons (Fsp3) is 0.167. The van der Waals surface area contributed by atoms with Crippen LogP contribution in [0.4, 0.5) is 0 Å². The minimum Gasteiger partial charge on any atom is -0.451 e. The molecule has 0 saturated heterocycles. The van der Waals surface area contributed by atoms with Crippen molar-refractivity contribution >= 4 is 35.0 Å². The molecule has 0 bridgehead atoms. The molecule has 3 rings (SSSR count). The summed E-state index contributed by atoms with van der Waals surface area (Å²) in [6, 6.07) is 13.0. The molecule has 3 aromatic rings. The molecule has 0 aliphatic heterocycles. The van der Waals surface area contributed by atoms with Crippen LogP contribution in [0.1, 0.15) is 4.88 Å². The number of carbonyl (C=O) groups is 2. The van der Waals surface area contributed by atoms with Gasteiger partial charge in [0.2, 0.25) is 0 Å². The van der Waals surface area contributed by atoms with Crippen molar-refractivity contribution in [3.8, 4) is 11.4 Å². The molecule has 0 aliphatic rings. The molecule has 0 N–H and O–H groups in total. The van der Waals surface area contributed by atoms with Crippen LogP contribution in [0.15, 0.2) is 47.8 Å². The molecule has 27 heavy (non-hydrogen) atoms. The second-order valence-corrected chi connectivity index (χ2v) is 6.67. The number of carbonyl (C=O) groups excluding carboxylic acids is 2.